The summed E-state index contributed by atoms with van der Waals surface area (Å²) < 4.78 is 5.35. The molecule has 0 aliphatic rings. The number of nitrogens with one attached hydrogen (secondary N) is 1. The molecule has 108 valence electrons. The summed E-state index contributed by atoms with van der Waals surface area (Å²) in [5, 5.41) is 0. The largest absolute Gasteiger partial charge is 0.380 e. The van der Waals surface area contributed by atoms with E-state index in [2.05, 4.69) is 36.2 Å². The van der Waals surface area contributed by atoms with E-state index < -0.39 is 0 Å². The van der Waals surface area contributed by atoms with E-state index in [4.69, 9.17) is 10.6 Å². The Morgan fingerprint density at radius 1 is 1.37 bits per heavy atom. The predicted octanol–water partition coefficient (Wildman–Crippen LogP) is 1.53. The van der Waals surface area contributed by atoms with E-state index in [1.54, 1.807) is 0 Å². The summed E-state index contributed by atoms with van der Waals surface area (Å²) in [4.78, 5) is 11.0. The second-order valence-electron chi connectivity index (χ2n) is 5.45. The Balaban J connectivity index is 2.93. The van der Waals surface area contributed by atoms with E-state index in [0.29, 0.717) is 12.4 Å². The van der Waals surface area contributed by atoms with Crippen LogP contribution in [0.3, 0.4) is 0 Å². The smallest absolute Gasteiger partial charge is 0.145 e. The summed E-state index contributed by atoms with van der Waals surface area (Å²) in [6, 6.07) is 1.83. The summed E-state index contributed by atoms with van der Waals surface area (Å²) in [5.74, 6) is 7.70. The lowest BCUT2D eigenvalue weighted by Crippen LogP contribution is -2.26. The SMILES string of the molecule is CCOCCN(C)c1cc(NN)nc(C(C)(C)C)n1. The van der Waals surface area contributed by atoms with Gasteiger partial charge >= 0.3 is 0 Å². The summed E-state index contributed by atoms with van der Waals surface area (Å²) in [5.41, 5.74) is 2.47. The molecule has 0 aromatic carbocycles. The maximum absolute atomic E-state index is 5.47. The zero-order valence-electron chi connectivity index (χ0n) is 12.5. The van der Waals surface area contributed by atoms with Crippen molar-refractivity contribution in [1.29, 1.82) is 0 Å². The van der Waals surface area contributed by atoms with Crippen LogP contribution in [0, 0.1) is 0 Å². The van der Waals surface area contributed by atoms with Crippen LogP contribution in [-0.2, 0) is 10.2 Å². The molecule has 0 fully saturated rings. The number of hydrogen-bond donors (Lipinski definition) is 2. The van der Waals surface area contributed by atoms with Gasteiger partial charge in [0.25, 0.3) is 0 Å². The fraction of sp³-hybridized carbons (Fsp3) is 0.692. The molecular formula is C13H25N5O. The van der Waals surface area contributed by atoms with Crippen molar-refractivity contribution >= 4 is 11.6 Å². The van der Waals surface area contributed by atoms with Crippen LogP contribution < -0.4 is 16.2 Å². The monoisotopic (exact) mass is 267 g/mol. The van der Waals surface area contributed by atoms with Gasteiger partial charge in [-0.25, -0.2) is 15.8 Å². The fourth-order valence-corrected chi connectivity index (χ4v) is 1.50. The van der Waals surface area contributed by atoms with Gasteiger partial charge in [0.15, 0.2) is 0 Å². The average Bonchev–Trinajstić information content (AvgIpc) is 2.37. The fourth-order valence-electron chi connectivity index (χ4n) is 1.50. The van der Waals surface area contributed by atoms with Gasteiger partial charge in [-0.05, 0) is 6.92 Å². The normalized spacial score (nSPS) is 11.5. The number of rotatable bonds is 6. The zero-order chi connectivity index (χ0) is 14.5. The van der Waals surface area contributed by atoms with Gasteiger partial charge in [0.05, 0.1) is 6.61 Å². The van der Waals surface area contributed by atoms with Crippen LogP contribution in [-0.4, -0.2) is 36.8 Å². The van der Waals surface area contributed by atoms with Gasteiger partial charge in [0.1, 0.15) is 17.5 Å². The Hall–Kier alpha value is -1.40. The maximum Gasteiger partial charge on any atom is 0.145 e. The molecule has 19 heavy (non-hydrogen) atoms. The number of hydrogen-bond acceptors (Lipinski definition) is 6. The highest BCUT2D eigenvalue weighted by Gasteiger charge is 2.19. The van der Waals surface area contributed by atoms with Gasteiger partial charge in [-0.2, -0.15) is 0 Å². The number of likely N-dealkylation sites (N-methyl/N-ethyl adjacent to an activating group) is 1. The first kappa shape index (κ1) is 15.7. The molecule has 0 saturated carbocycles. The highest BCUT2D eigenvalue weighted by molar-refractivity contribution is 5.48. The predicted molar refractivity (Wildman–Crippen MR) is 78.3 cm³/mol. The molecule has 0 amide bonds. The molecule has 6 nitrogen and oxygen atoms in total. The Morgan fingerprint density at radius 2 is 2.05 bits per heavy atom. The molecule has 0 atom stereocenters. The molecule has 0 spiro atoms. The minimum absolute atomic E-state index is 0.123. The van der Waals surface area contributed by atoms with E-state index in [0.717, 1.165) is 24.8 Å². The van der Waals surface area contributed by atoms with Crippen LogP contribution in [0.4, 0.5) is 11.6 Å². The van der Waals surface area contributed by atoms with Gasteiger partial charge in [0, 0.05) is 31.7 Å². The molecule has 1 heterocycles. The highest BCUT2D eigenvalue weighted by Crippen LogP contribution is 2.23. The van der Waals surface area contributed by atoms with Crippen molar-refractivity contribution in [2.24, 2.45) is 5.84 Å². The van der Waals surface area contributed by atoms with Gasteiger partial charge < -0.3 is 15.1 Å². The molecule has 1 aromatic heterocycles. The van der Waals surface area contributed by atoms with Gasteiger partial charge in [-0.1, -0.05) is 20.8 Å². The summed E-state index contributed by atoms with van der Waals surface area (Å²) in [7, 11) is 1.98. The lowest BCUT2D eigenvalue weighted by molar-refractivity contribution is 0.154. The molecule has 0 unspecified atom stereocenters. The third-order valence-corrected chi connectivity index (χ3v) is 2.70. The van der Waals surface area contributed by atoms with E-state index in [1.807, 2.05) is 24.9 Å². The summed E-state index contributed by atoms with van der Waals surface area (Å²) in [6.07, 6.45) is 0. The molecular weight excluding hydrogens is 242 g/mol. The van der Waals surface area contributed by atoms with Gasteiger partial charge in [0.2, 0.25) is 0 Å². The standard InChI is InChI=1S/C13H25N5O/c1-6-19-8-7-18(5)11-9-10(17-14)15-12(16-11)13(2,3)4/h9H,6-8,14H2,1-5H3,(H,15,16,17). The van der Waals surface area contributed by atoms with Crippen LogP contribution in [0.2, 0.25) is 0 Å². The van der Waals surface area contributed by atoms with Crippen molar-refractivity contribution in [3.05, 3.63) is 11.9 Å². The summed E-state index contributed by atoms with van der Waals surface area (Å²) >= 11 is 0. The van der Waals surface area contributed by atoms with Crippen molar-refractivity contribution in [3.8, 4) is 0 Å². The molecule has 0 radical (unpaired) electrons. The maximum atomic E-state index is 5.47. The van der Waals surface area contributed by atoms with Crippen molar-refractivity contribution in [1.82, 2.24) is 9.97 Å². The van der Waals surface area contributed by atoms with Crippen molar-refractivity contribution in [2.45, 2.75) is 33.1 Å². The lowest BCUT2D eigenvalue weighted by Gasteiger charge is -2.23. The van der Waals surface area contributed by atoms with E-state index in [9.17, 15) is 0 Å². The topological polar surface area (TPSA) is 76.3 Å². The van der Waals surface area contributed by atoms with Crippen LogP contribution in [0.5, 0.6) is 0 Å². The Labute approximate surface area is 115 Å². The first-order valence-corrected chi connectivity index (χ1v) is 6.53. The third kappa shape index (κ3) is 4.65. The molecule has 0 saturated heterocycles. The average molecular weight is 267 g/mol. The van der Waals surface area contributed by atoms with E-state index in [-0.39, 0.29) is 5.41 Å². The number of anilines is 2. The van der Waals surface area contributed by atoms with E-state index in [1.165, 1.54) is 0 Å². The van der Waals surface area contributed by atoms with Crippen LogP contribution in [0.1, 0.15) is 33.5 Å². The Bertz CT molecular complexity index is 403. The molecule has 0 bridgehead atoms. The molecule has 1 rings (SSSR count). The van der Waals surface area contributed by atoms with Crippen LogP contribution in [0.15, 0.2) is 6.07 Å². The van der Waals surface area contributed by atoms with Crippen molar-refractivity contribution in [3.63, 3.8) is 0 Å². The molecule has 0 aliphatic heterocycles. The first-order chi connectivity index (χ1) is 8.88. The number of nitrogen functional groups attached to an aromatic ring is 1. The minimum atomic E-state index is -0.123. The lowest BCUT2D eigenvalue weighted by atomic mass is 9.96. The molecule has 0 aliphatic carbocycles. The highest BCUT2D eigenvalue weighted by atomic mass is 16.5. The number of ether oxygens (including phenoxy) is 1. The first-order valence-electron chi connectivity index (χ1n) is 6.53. The number of nitrogens with zero attached hydrogens (tertiary/aromatic N) is 3. The van der Waals surface area contributed by atoms with Crippen LogP contribution >= 0.6 is 0 Å². The molecule has 3 N–H and O–H groups in total. The van der Waals surface area contributed by atoms with Gasteiger partial charge in [-0.15, -0.1) is 0 Å². The Morgan fingerprint density at radius 3 is 2.58 bits per heavy atom. The minimum Gasteiger partial charge on any atom is -0.380 e. The van der Waals surface area contributed by atoms with Gasteiger partial charge in [-0.3, -0.25) is 0 Å². The van der Waals surface area contributed by atoms with Crippen LogP contribution in [0.25, 0.3) is 0 Å². The molecule has 1 aromatic rings. The summed E-state index contributed by atoms with van der Waals surface area (Å²) in [6.45, 7) is 10.4. The second-order valence-corrected chi connectivity index (χ2v) is 5.45. The number of aromatic nitrogens is 2. The second kappa shape index (κ2) is 6.68. The number of nitrogens with two attached hydrogens (primary N) is 1. The number of hydrazine groups is 1. The Kier molecular flexibility index (Phi) is 5.50. The third-order valence-electron chi connectivity index (χ3n) is 2.70. The zero-order valence-corrected chi connectivity index (χ0v) is 12.5. The van der Waals surface area contributed by atoms with Crippen molar-refractivity contribution < 1.29 is 4.74 Å². The van der Waals surface area contributed by atoms with Crippen molar-refractivity contribution in [2.75, 3.05) is 37.1 Å². The molecule has 6 heteroatoms. The van der Waals surface area contributed by atoms with E-state index >= 15 is 0 Å². The quantitative estimate of drug-likeness (QED) is 0.462.